The highest BCUT2D eigenvalue weighted by molar-refractivity contribution is 7.89. The van der Waals surface area contributed by atoms with E-state index in [1.165, 1.54) is 16.8 Å². The van der Waals surface area contributed by atoms with Crippen LogP contribution in [0.4, 0.5) is 0 Å². The first-order chi connectivity index (χ1) is 10.5. The molecule has 6 heteroatoms. The molecule has 22 heavy (non-hydrogen) atoms. The third-order valence-corrected chi connectivity index (χ3v) is 6.59. The van der Waals surface area contributed by atoms with Crippen molar-refractivity contribution in [2.24, 2.45) is 11.8 Å². The van der Waals surface area contributed by atoms with Gasteiger partial charge in [-0.25, -0.2) is 12.7 Å². The molecule has 2 aliphatic carbocycles. The maximum atomic E-state index is 12.8. The normalized spacial score (nSPS) is 19.2. The summed E-state index contributed by atoms with van der Waals surface area (Å²) in [7, 11) is -1.93. The zero-order valence-corrected chi connectivity index (χ0v) is 14.4. The van der Waals surface area contributed by atoms with Gasteiger partial charge in [0, 0.05) is 18.6 Å². The molecule has 0 aromatic heterocycles. The Morgan fingerprint density at radius 2 is 1.95 bits per heavy atom. The first kappa shape index (κ1) is 16.1. The predicted molar refractivity (Wildman–Crippen MR) is 86.8 cm³/mol. The third kappa shape index (κ3) is 3.58. The molecule has 1 aromatic rings. The third-order valence-electron chi connectivity index (χ3n) is 4.51. The molecule has 0 unspecified atom stereocenters. The summed E-state index contributed by atoms with van der Waals surface area (Å²) in [5.74, 6) is 1.46. The van der Waals surface area contributed by atoms with Crippen LogP contribution in [0, 0.1) is 11.8 Å². The Hall–Kier alpha value is -0.780. The van der Waals surface area contributed by atoms with E-state index in [1.54, 1.807) is 19.2 Å². The molecule has 0 aliphatic heterocycles. The summed E-state index contributed by atoms with van der Waals surface area (Å²) in [5, 5.41) is 0.411. The van der Waals surface area contributed by atoms with E-state index in [0.29, 0.717) is 35.8 Å². The molecule has 0 saturated heterocycles. The summed E-state index contributed by atoms with van der Waals surface area (Å²) in [4.78, 5) is 0.183. The van der Waals surface area contributed by atoms with Gasteiger partial charge >= 0.3 is 0 Å². The Balaban J connectivity index is 1.81. The van der Waals surface area contributed by atoms with Crippen LogP contribution in [-0.4, -0.2) is 32.9 Å². The van der Waals surface area contributed by atoms with Crippen molar-refractivity contribution in [1.29, 1.82) is 0 Å². The molecule has 4 nitrogen and oxygen atoms in total. The van der Waals surface area contributed by atoms with Crippen LogP contribution in [0.25, 0.3) is 0 Å². The van der Waals surface area contributed by atoms with Crippen molar-refractivity contribution in [3.8, 4) is 5.75 Å². The van der Waals surface area contributed by atoms with Crippen molar-refractivity contribution in [2.45, 2.75) is 37.0 Å². The highest BCUT2D eigenvalue weighted by Crippen LogP contribution is 2.34. The van der Waals surface area contributed by atoms with E-state index in [1.807, 2.05) is 0 Å². The molecule has 1 aromatic carbocycles. The molecule has 2 saturated carbocycles. The van der Waals surface area contributed by atoms with Crippen LogP contribution in [0.15, 0.2) is 23.1 Å². The maximum Gasteiger partial charge on any atom is 0.246 e. The molecule has 0 spiro atoms. The fraction of sp³-hybridized carbons (Fsp3) is 0.625. The van der Waals surface area contributed by atoms with Gasteiger partial charge in [0.05, 0.1) is 6.61 Å². The summed E-state index contributed by atoms with van der Waals surface area (Å²) in [6.45, 7) is 1.15. The molecule has 0 N–H and O–H groups in total. The van der Waals surface area contributed by atoms with Crippen molar-refractivity contribution in [2.75, 3.05) is 20.2 Å². The van der Waals surface area contributed by atoms with Gasteiger partial charge in [-0.3, -0.25) is 0 Å². The molecular weight excluding hydrogens is 322 g/mol. The van der Waals surface area contributed by atoms with Crippen molar-refractivity contribution >= 4 is 21.6 Å². The second kappa shape index (κ2) is 6.38. The Morgan fingerprint density at radius 3 is 2.55 bits per heavy atom. The zero-order valence-electron chi connectivity index (χ0n) is 12.8. The second-order valence-electron chi connectivity index (χ2n) is 6.43. The van der Waals surface area contributed by atoms with Gasteiger partial charge in [0.25, 0.3) is 0 Å². The van der Waals surface area contributed by atoms with Gasteiger partial charge in [-0.1, -0.05) is 18.0 Å². The highest BCUT2D eigenvalue weighted by Gasteiger charge is 2.30. The van der Waals surface area contributed by atoms with Crippen LogP contribution in [0.3, 0.4) is 0 Å². The first-order valence-corrected chi connectivity index (χ1v) is 9.67. The standard InChI is InChI=1S/C16H22ClNO3S/c1-18(10-12-3-2-4-12)22(19,20)16-9-14(17)7-8-15(16)21-11-13-5-6-13/h7-9,12-13H,2-6,10-11H2,1H3. The Labute approximate surface area is 137 Å². The van der Waals surface area contributed by atoms with Crippen molar-refractivity contribution in [3.05, 3.63) is 23.2 Å². The monoisotopic (exact) mass is 343 g/mol. The number of rotatable bonds is 7. The fourth-order valence-electron chi connectivity index (χ4n) is 2.60. The zero-order chi connectivity index (χ0) is 15.7. The number of halogens is 1. The molecule has 0 atom stereocenters. The van der Waals surface area contributed by atoms with E-state index < -0.39 is 10.0 Å². The van der Waals surface area contributed by atoms with Crippen LogP contribution in [0.1, 0.15) is 32.1 Å². The summed E-state index contributed by atoms with van der Waals surface area (Å²) < 4.78 is 32.8. The lowest BCUT2D eigenvalue weighted by atomic mass is 9.86. The summed E-state index contributed by atoms with van der Waals surface area (Å²) in [6.07, 6.45) is 5.75. The minimum Gasteiger partial charge on any atom is -0.492 e. The van der Waals surface area contributed by atoms with Gasteiger partial charge in [-0.2, -0.15) is 0 Å². The van der Waals surface area contributed by atoms with Gasteiger partial charge in [-0.15, -0.1) is 0 Å². The molecule has 3 rings (SSSR count). The quantitative estimate of drug-likeness (QED) is 0.760. The number of sulfonamides is 1. The van der Waals surface area contributed by atoms with Crippen LogP contribution in [0.2, 0.25) is 5.02 Å². The van der Waals surface area contributed by atoms with E-state index in [2.05, 4.69) is 0 Å². The summed E-state index contributed by atoms with van der Waals surface area (Å²) in [5.41, 5.74) is 0. The lowest BCUT2D eigenvalue weighted by molar-refractivity contribution is 0.261. The van der Waals surface area contributed by atoms with Crippen LogP contribution >= 0.6 is 11.6 Å². The van der Waals surface area contributed by atoms with Crippen LogP contribution < -0.4 is 4.74 Å². The van der Waals surface area contributed by atoms with E-state index in [-0.39, 0.29) is 4.90 Å². The highest BCUT2D eigenvalue weighted by atomic mass is 35.5. The molecule has 0 radical (unpaired) electrons. The lowest BCUT2D eigenvalue weighted by Gasteiger charge is -2.30. The van der Waals surface area contributed by atoms with Crippen molar-refractivity contribution in [3.63, 3.8) is 0 Å². The maximum absolute atomic E-state index is 12.8. The van der Waals surface area contributed by atoms with Gasteiger partial charge in [-0.05, 0) is 55.7 Å². The fourth-order valence-corrected chi connectivity index (χ4v) is 4.24. The topological polar surface area (TPSA) is 46.6 Å². The van der Waals surface area contributed by atoms with Gasteiger partial charge in [0.1, 0.15) is 10.6 Å². The molecular formula is C16H22ClNO3S. The van der Waals surface area contributed by atoms with E-state index >= 15 is 0 Å². The Morgan fingerprint density at radius 1 is 1.23 bits per heavy atom. The van der Waals surface area contributed by atoms with Gasteiger partial charge in [0.15, 0.2) is 0 Å². The second-order valence-corrected chi connectivity index (χ2v) is 8.88. The lowest BCUT2D eigenvalue weighted by Crippen LogP contribution is -2.34. The summed E-state index contributed by atoms with van der Waals surface area (Å²) in [6, 6.07) is 4.83. The average Bonchev–Trinajstić information content (AvgIpc) is 3.25. The Bertz CT molecular complexity index is 639. The van der Waals surface area contributed by atoms with E-state index in [4.69, 9.17) is 16.3 Å². The van der Waals surface area contributed by atoms with E-state index in [9.17, 15) is 8.42 Å². The molecule has 2 fully saturated rings. The molecule has 2 aliphatic rings. The number of hydrogen-bond donors (Lipinski definition) is 0. The number of benzene rings is 1. The summed E-state index contributed by atoms with van der Waals surface area (Å²) >= 11 is 6.01. The van der Waals surface area contributed by atoms with Gasteiger partial charge < -0.3 is 4.74 Å². The van der Waals surface area contributed by atoms with E-state index in [0.717, 1.165) is 25.7 Å². The first-order valence-electron chi connectivity index (χ1n) is 7.85. The molecule has 122 valence electrons. The smallest absolute Gasteiger partial charge is 0.246 e. The number of hydrogen-bond acceptors (Lipinski definition) is 3. The average molecular weight is 344 g/mol. The number of nitrogens with zero attached hydrogens (tertiary/aromatic N) is 1. The SMILES string of the molecule is CN(CC1CCC1)S(=O)(=O)c1cc(Cl)ccc1OCC1CC1. The minimum atomic E-state index is -3.57. The van der Waals surface area contributed by atoms with Crippen molar-refractivity contribution in [1.82, 2.24) is 4.31 Å². The Kier molecular flexibility index (Phi) is 4.67. The number of ether oxygens (including phenoxy) is 1. The molecule has 0 heterocycles. The molecule has 0 amide bonds. The predicted octanol–water partition coefficient (Wildman–Crippen LogP) is 3.55. The van der Waals surface area contributed by atoms with Crippen molar-refractivity contribution < 1.29 is 13.2 Å². The van der Waals surface area contributed by atoms with Crippen LogP contribution in [-0.2, 0) is 10.0 Å². The minimum absolute atomic E-state index is 0.183. The molecule has 0 bridgehead atoms. The largest absolute Gasteiger partial charge is 0.492 e. The van der Waals surface area contributed by atoms with Crippen LogP contribution in [0.5, 0.6) is 5.75 Å². The van der Waals surface area contributed by atoms with Gasteiger partial charge in [0.2, 0.25) is 10.0 Å².